The average Bonchev–Trinajstić information content (AvgIpc) is 2.72. The number of nitrogens with one attached hydrogen (secondary N) is 2. The van der Waals surface area contributed by atoms with Gasteiger partial charge in [0.05, 0.1) is 5.25 Å². The number of anilines is 2. The van der Waals surface area contributed by atoms with Gasteiger partial charge in [-0.1, -0.05) is 17.7 Å². The van der Waals surface area contributed by atoms with Gasteiger partial charge in [-0.15, -0.1) is 11.8 Å². The molecule has 3 rings (SSSR count). The predicted molar refractivity (Wildman–Crippen MR) is 121 cm³/mol. The number of aryl methyl sites for hydroxylation is 2. The lowest BCUT2D eigenvalue weighted by Gasteiger charge is -2.14. The number of carbonyl (C=O) groups is 2. The average molecular weight is 423 g/mol. The fourth-order valence-electron chi connectivity index (χ4n) is 2.87. The lowest BCUT2D eigenvalue weighted by Crippen LogP contribution is -2.22. The summed E-state index contributed by atoms with van der Waals surface area (Å²) in [7, 11) is 0. The fourth-order valence-corrected chi connectivity index (χ4v) is 3.73. The highest BCUT2D eigenvalue weighted by Crippen LogP contribution is 2.26. The van der Waals surface area contributed by atoms with Crippen LogP contribution < -0.4 is 10.6 Å². The summed E-state index contributed by atoms with van der Waals surface area (Å²) in [6.45, 7) is 5.84. The lowest BCUT2D eigenvalue weighted by atomic mass is 10.1. The minimum absolute atomic E-state index is 0.0688. The first-order chi connectivity index (χ1) is 14.3. The standard InChI is InChI=1S/C24H23FN2O2S/c1-15-4-13-22(16(2)14-15)27-23(28)17(3)30-21-11-9-20(10-12-21)26-24(29)18-5-7-19(25)8-6-18/h4-14,17H,1-3H3,(H,26,29)(H,27,28). The molecule has 3 aromatic rings. The van der Waals surface area contributed by atoms with Crippen molar-refractivity contribution in [3.63, 3.8) is 0 Å². The van der Waals surface area contributed by atoms with Crippen LogP contribution in [0, 0.1) is 19.7 Å². The molecule has 0 saturated carbocycles. The Morgan fingerprint density at radius 3 is 2.20 bits per heavy atom. The zero-order valence-electron chi connectivity index (χ0n) is 17.0. The second kappa shape index (κ2) is 9.59. The molecular weight excluding hydrogens is 399 g/mol. The van der Waals surface area contributed by atoms with Crippen LogP contribution in [0.3, 0.4) is 0 Å². The Morgan fingerprint density at radius 1 is 0.900 bits per heavy atom. The minimum atomic E-state index is -0.386. The number of hydrogen-bond acceptors (Lipinski definition) is 3. The number of rotatable bonds is 6. The number of amides is 2. The molecule has 0 heterocycles. The molecule has 0 saturated heterocycles. The highest BCUT2D eigenvalue weighted by atomic mass is 32.2. The van der Waals surface area contributed by atoms with Gasteiger partial charge in [0, 0.05) is 21.8 Å². The SMILES string of the molecule is Cc1ccc(NC(=O)C(C)Sc2ccc(NC(=O)c3ccc(F)cc3)cc2)c(C)c1. The van der Waals surface area contributed by atoms with Gasteiger partial charge >= 0.3 is 0 Å². The summed E-state index contributed by atoms with van der Waals surface area (Å²) in [5.74, 6) is -0.763. The Hall–Kier alpha value is -3.12. The van der Waals surface area contributed by atoms with E-state index in [0.717, 1.165) is 21.7 Å². The Bertz CT molecular complexity index is 1050. The maximum Gasteiger partial charge on any atom is 0.255 e. The first-order valence-corrected chi connectivity index (χ1v) is 10.4. The Labute approximate surface area is 179 Å². The van der Waals surface area contributed by atoms with E-state index >= 15 is 0 Å². The van der Waals surface area contributed by atoms with Crippen LogP contribution >= 0.6 is 11.8 Å². The van der Waals surface area contributed by atoms with E-state index in [2.05, 4.69) is 10.6 Å². The first kappa shape index (κ1) is 21.6. The topological polar surface area (TPSA) is 58.2 Å². The molecule has 4 nitrogen and oxygen atoms in total. The van der Waals surface area contributed by atoms with Gasteiger partial charge in [-0.2, -0.15) is 0 Å². The Morgan fingerprint density at radius 2 is 1.57 bits per heavy atom. The van der Waals surface area contributed by atoms with Gasteiger partial charge in [0.15, 0.2) is 0 Å². The van der Waals surface area contributed by atoms with Gasteiger partial charge in [0.2, 0.25) is 5.91 Å². The third-order valence-corrected chi connectivity index (χ3v) is 5.65. The van der Waals surface area contributed by atoms with Crippen molar-refractivity contribution < 1.29 is 14.0 Å². The largest absolute Gasteiger partial charge is 0.325 e. The van der Waals surface area contributed by atoms with Crippen molar-refractivity contribution in [3.8, 4) is 0 Å². The van der Waals surface area contributed by atoms with Gasteiger partial charge in [-0.25, -0.2) is 4.39 Å². The molecule has 1 atom stereocenters. The van der Waals surface area contributed by atoms with Crippen LogP contribution in [0.1, 0.15) is 28.4 Å². The normalized spacial score (nSPS) is 11.6. The van der Waals surface area contributed by atoms with E-state index in [9.17, 15) is 14.0 Å². The summed E-state index contributed by atoms with van der Waals surface area (Å²) < 4.78 is 13.0. The van der Waals surface area contributed by atoms with Gasteiger partial charge in [-0.05, 0) is 80.9 Å². The monoisotopic (exact) mass is 422 g/mol. The molecule has 0 aliphatic carbocycles. The van der Waals surface area contributed by atoms with E-state index < -0.39 is 0 Å². The smallest absolute Gasteiger partial charge is 0.255 e. The van der Waals surface area contributed by atoms with Crippen LogP contribution in [0.15, 0.2) is 71.6 Å². The molecule has 0 spiro atoms. The molecule has 1 unspecified atom stereocenters. The number of benzene rings is 3. The Kier molecular flexibility index (Phi) is 6.90. The van der Waals surface area contributed by atoms with Crippen LogP contribution in [0.5, 0.6) is 0 Å². The van der Waals surface area contributed by atoms with E-state index in [1.54, 1.807) is 12.1 Å². The van der Waals surface area contributed by atoms with Gasteiger partial charge in [-0.3, -0.25) is 9.59 Å². The molecule has 0 radical (unpaired) electrons. The molecule has 2 N–H and O–H groups in total. The zero-order chi connectivity index (χ0) is 21.7. The van der Waals surface area contributed by atoms with E-state index in [-0.39, 0.29) is 22.9 Å². The van der Waals surface area contributed by atoms with Gasteiger partial charge in [0.25, 0.3) is 5.91 Å². The van der Waals surface area contributed by atoms with Crippen LogP contribution in [0.2, 0.25) is 0 Å². The van der Waals surface area contributed by atoms with E-state index in [1.807, 2.05) is 51.1 Å². The highest BCUT2D eigenvalue weighted by molar-refractivity contribution is 8.00. The van der Waals surface area contributed by atoms with Crippen LogP contribution in [-0.2, 0) is 4.79 Å². The van der Waals surface area contributed by atoms with E-state index in [0.29, 0.717) is 11.3 Å². The van der Waals surface area contributed by atoms with Crippen molar-refractivity contribution in [3.05, 3.63) is 89.2 Å². The lowest BCUT2D eigenvalue weighted by molar-refractivity contribution is -0.115. The first-order valence-electron chi connectivity index (χ1n) is 9.53. The molecule has 0 bridgehead atoms. The molecule has 30 heavy (non-hydrogen) atoms. The predicted octanol–water partition coefficient (Wildman–Crippen LogP) is 5.81. The van der Waals surface area contributed by atoms with Gasteiger partial charge in [0.1, 0.15) is 5.82 Å². The third kappa shape index (κ3) is 5.70. The van der Waals surface area contributed by atoms with Gasteiger partial charge < -0.3 is 10.6 Å². The molecule has 0 aromatic heterocycles. The molecule has 0 fully saturated rings. The van der Waals surface area contributed by atoms with Crippen LogP contribution in [-0.4, -0.2) is 17.1 Å². The third-order valence-electron chi connectivity index (χ3n) is 4.54. The van der Waals surface area contributed by atoms with Crippen molar-refractivity contribution >= 4 is 35.0 Å². The Balaban J connectivity index is 1.57. The summed E-state index contributed by atoms with van der Waals surface area (Å²) >= 11 is 1.44. The molecule has 0 aliphatic heterocycles. The second-order valence-corrected chi connectivity index (χ2v) is 8.47. The molecule has 2 amide bonds. The molecule has 0 aliphatic rings. The fraction of sp³-hybridized carbons (Fsp3) is 0.167. The highest BCUT2D eigenvalue weighted by Gasteiger charge is 2.15. The van der Waals surface area contributed by atoms with Crippen molar-refractivity contribution in [1.82, 2.24) is 0 Å². The summed E-state index contributed by atoms with van der Waals surface area (Å²) in [6.07, 6.45) is 0. The number of hydrogen-bond donors (Lipinski definition) is 2. The number of thioether (sulfide) groups is 1. The van der Waals surface area contributed by atoms with Crippen LogP contribution in [0.25, 0.3) is 0 Å². The molecular formula is C24H23FN2O2S. The van der Waals surface area contributed by atoms with E-state index in [1.165, 1.54) is 36.0 Å². The molecule has 154 valence electrons. The minimum Gasteiger partial charge on any atom is -0.325 e. The quantitative estimate of drug-likeness (QED) is 0.493. The summed E-state index contributed by atoms with van der Waals surface area (Å²) in [5.41, 5.74) is 4.01. The summed E-state index contributed by atoms with van der Waals surface area (Å²) in [4.78, 5) is 25.7. The molecule has 6 heteroatoms. The maximum absolute atomic E-state index is 13.0. The number of halogens is 1. The van der Waals surface area contributed by atoms with Crippen LogP contribution in [0.4, 0.5) is 15.8 Å². The zero-order valence-corrected chi connectivity index (χ0v) is 17.8. The van der Waals surface area contributed by atoms with Crippen molar-refractivity contribution in [2.45, 2.75) is 30.9 Å². The van der Waals surface area contributed by atoms with Crippen molar-refractivity contribution in [2.75, 3.05) is 10.6 Å². The summed E-state index contributed by atoms with van der Waals surface area (Å²) in [5, 5.41) is 5.46. The number of carbonyl (C=O) groups excluding carboxylic acids is 2. The summed E-state index contributed by atoms with van der Waals surface area (Å²) in [6, 6.07) is 18.5. The van der Waals surface area contributed by atoms with E-state index in [4.69, 9.17) is 0 Å². The molecule has 3 aromatic carbocycles. The van der Waals surface area contributed by atoms with Crippen molar-refractivity contribution in [2.24, 2.45) is 0 Å². The second-order valence-electron chi connectivity index (χ2n) is 7.05. The maximum atomic E-state index is 13.0. The van der Waals surface area contributed by atoms with Crippen molar-refractivity contribution in [1.29, 1.82) is 0 Å².